The van der Waals surface area contributed by atoms with E-state index in [1.165, 1.54) is 5.56 Å². The highest BCUT2D eigenvalue weighted by Crippen LogP contribution is 2.18. The van der Waals surface area contributed by atoms with E-state index in [0.29, 0.717) is 31.2 Å². The van der Waals surface area contributed by atoms with Gasteiger partial charge in [-0.05, 0) is 48.9 Å². The second-order valence-corrected chi connectivity index (χ2v) is 7.80. The first-order valence-electron chi connectivity index (χ1n) is 10.8. The Balaban J connectivity index is 2.03. The second-order valence-electron chi connectivity index (χ2n) is 7.80. The van der Waals surface area contributed by atoms with E-state index >= 15 is 0 Å². The van der Waals surface area contributed by atoms with Crippen LogP contribution in [0.4, 0.5) is 0 Å². The first kappa shape index (κ1) is 23.5. The highest BCUT2D eigenvalue weighted by Gasteiger charge is 2.25. The topological polar surface area (TPSA) is 58.6 Å². The molecule has 0 saturated carbocycles. The number of nitrogens with zero attached hydrogens (tertiary/aromatic N) is 1. The molecule has 0 saturated heterocycles. The fraction of sp³-hybridized carbons (Fsp3) is 0.440. The number of rotatable bonds is 11. The molecule has 0 aliphatic rings. The Hall–Kier alpha value is -2.82. The first-order valence-corrected chi connectivity index (χ1v) is 10.8. The lowest BCUT2D eigenvalue weighted by Gasteiger charge is -2.28. The van der Waals surface area contributed by atoms with Crippen molar-refractivity contribution in [3.63, 3.8) is 0 Å². The predicted molar refractivity (Wildman–Crippen MR) is 121 cm³/mol. The van der Waals surface area contributed by atoms with Crippen LogP contribution < -0.4 is 10.1 Å². The highest BCUT2D eigenvalue weighted by molar-refractivity contribution is 5.87. The summed E-state index contributed by atoms with van der Waals surface area (Å²) in [6.45, 7) is 9.00. The molecule has 5 heteroatoms. The maximum atomic E-state index is 13.0. The van der Waals surface area contributed by atoms with Gasteiger partial charge in [-0.25, -0.2) is 0 Å². The molecule has 2 aromatic carbocycles. The van der Waals surface area contributed by atoms with Gasteiger partial charge in [0, 0.05) is 13.1 Å². The number of amides is 2. The Labute approximate surface area is 180 Å². The summed E-state index contributed by atoms with van der Waals surface area (Å²) in [6.07, 6.45) is 1.53. The quantitative estimate of drug-likeness (QED) is 0.605. The number of nitrogens with one attached hydrogen (secondary N) is 1. The lowest BCUT2D eigenvalue weighted by molar-refractivity contribution is -0.141. The average molecular weight is 411 g/mol. The third kappa shape index (κ3) is 7.21. The van der Waals surface area contributed by atoms with E-state index in [-0.39, 0.29) is 18.4 Å². The molecule has 2 aromatic rings. The molecule has 0 radical (unpaired) electrons. The zero-order valence-corrected chi connectivity index (χ0v) is 18.6. The number of hydrogen-bond acceptors (Lipinski definition) is 3. The minimum Gasteiger partial charge on any atom is -0.484 e. The molecule has 1 N–H and O–H groups in total. The van der Waals surface area contributed by atoms with E-state index in [1.807, 2.05) is 61.5 Å². The second kappa shape index (κ2) is 12.0. The van der Waals surface area contributed by atoms with Crippen LogP contribution in [0.25, 0.3) is 0 Å². The number of benzene rings is 2. The predicted octanol–water partition coefficient (Wildman–Crippen LogP) is 4.17. The Kier molecular flexibility index (Phi) is 9.39. The fourth-order valence-electron chi connectivity index (χ4n) is 3.14. The molecule has 0 bridgehead atoms. The molecule has 0 aliphatic heterocycles. The van der Waals surface area contributed by atoms with Crippen molar-refractivity contribution >= 4 is 11.8 Å². The van der Waals surface area contributed by atoms with Crippen LogP contribution in [0.5, 0.6) is 5.75 Å². The van der Waals surface area contributed by atoms with Gasteiger partial charge in [0.1, 0.15) is 11.8 Å². The Morgan fingerprint density at radius 3 is 2.27 bits per heavy atom. The number of hydrogen-bond donors (Lipinski definition) is 1. The molecule has 0 fully saturated rings. The van der Waals surface area contributed by atoms with Crippen molar-refractivity contribution in [2.75, 3.05) is 19.7 Å². The van der Waals surface area contributed by atoms with Crippen LogP contribution >= 0.6 is 0 Å². The third-order valence-corrected chi connectivity index (χ3v) is 5.11. The summed E-state index contributed by atoms with van der Waals surface area (Å²) in [5.74, 6) is 0.757. The van der Waals surface area contributed by atoms with Crippen LogP contribution in [0.2, 0.25) is 0 Å². The lowest BCUT2D eigenvalue weighted by Crippen LogP contribution is -2.50. The van der Waals surface area contributed by atoms with Gasteiger partial charge in [-0.1, -0.05) is 63.2 Å². The van der Waals surface area contributed by atoms with Crippen molar-refractivity contribution in [1.29, 1.82) is 0 Å². The summed E-state index contributed by atoms with van der Waals surface area (Å²) >= 11 is 0. The van der Waals surface area contributed by atoms with Crippen molar-refractivity contribution < 1.29 is 14.3 Å². The van der Waals surface area contributed by atoms with Crippen LogP contribution in [0.15, 0.2) is 54.6 Å². The molecule has 162 valence electrons. The van der Waals surface area contributed by atoms with Gasteiger partial charge < -0.3 is 15.0 Å². The van der Waals surface area contributed by atoms with Crippen molar-refractivity contribution in [2.24, 2.45) is 0 Å². The lowest BCUT2D eigenvalue weighted by atomic mass is 10.0. The van der Waals surface area contributed by atoms with Crippen molar-refractivity contribution in [2.45, 2.75) is 52.5 Å². The normalized spacial score (nSPS) is 11.8. The Bertz CT molecular complexity index is 788. The summed E-state index contributed by atoms with van der Waals surface area (Å²) in [7, 11) is 0. The van der Waals surface area contributed by atoms with Gasteiger partial charge in [-0.2, -0.15) is 0 Å². The molecule has 5 nitrogen and oxygen atoms in total. The molecular formula is C25H34N2O3. The average Bonchev–Trinajstić information content (AvgIpc) is 2.76. The highest BCUT2D eigenvalue weighted by atomic mass is 16.5. The van der Waals surface area contributed by atoms with E-state index in [9.17, 15) is 9.59 Å². The Morgan fingerprint density at radius 1 is 1.00 bits per heavy atom. The fourth-order valence-corrected chi connectivity index (χ4v) is 3.14. The minimum atomic E-state index is -0.556. The monoisotopic (exact) mass is 410 g/mol. The number of ether oxygens (including phenoxy) is 1. The van der Waals surface area contributed by atoms with Gasteiger partial charge in [-0.3, -0.25) is 9.59 Å². The molecule has 0 spiro atoms. The smallest absolute Gasteiger partial charge is 0.261 e. The molecule has 0 aromatic heterocycles. The van der Waals surface area contributed by atoms with E-state index in [0.717, 1.165) is 12.0 Å². The van der Waals surface area contributed by atoms with E-state index in [2.05, 4.69) is 19.2 Å². The number of carbonyl (C=O) groups excluding carboxylic acids is 2. The standard InChI is InChI=1S/C25H34N2O3/c1-5-16-26-25(29)20(4)27(17-15-21-9-7-6-8-10-21)24(28)18-30-23-13-11-22(12-14-23)19(2)3/h6-14,19-20H,5,15-18H2,1-4H3,(H,26,29)/t20-/m0/s1. The summed E-state index contributed by atoms with van der Waals surface area (Å²) in [5.41, 5.74) is 2.35. The zero-order chi connectivity index (χ0) is 21.9. The van der Waals surface area contributed by atoms with E-state index < -0.39 is 6.04 Å². The summed E-state index contributed by atoms with van der Waals surface area (Å²) in [5, 5.41) is 2.88. The molecule has 2 rings (SSSR count). The van der Waals surface area contributed by atoms with Gasteiger partial charge in [-0.15, -0.1) is 0 Å². The van der Waals surface area contributed by atoms with Gasteiger partial charge in [0.15, 0.2) is 6.61 Å². The minimum absolute atomic E-state index is 0.0960. The molecule has 2 amide bonds. The molecule has 30 heavy (non-hydrogen) atoms. The van der Waals surface area contributed by atoms with Crippen molar-refractivity contribution in [1.82, 2.24) is 10.2 Å². The largest absolute Gasteiger partial charge is 0.484 e. The van der Waals surface area contributed by atoms with Crippen molar-refractivity contribution in [3.8, 4) is 5.75 Å². The maximum absolute atomic E-state index is 13.0. The van der Waals surface area contributed by atoms with Gasteiger partial charge in [0.25, 0.3) is 5.91 Å². The van der Waals surface area contributed by atoms with Crippen LogP contribution in [0.3, 0.4) is 0 Å². The van der Waals surface area contributed by atoms with Gasteiger partial charge >= 0.3 is 0 Å². The Morgan fingerprint density at radius 2 is 1.67 bits per heavy atom. The number of carbonyl (C=O) groups is 2. The van der Waals surface area contributed by atoms with Crippen LogP contribution in [0.1, 0.15) is 51.2 Å². The maximum Gasteiger partial charge on any atom is 0.261 e. The molecule has 0 aliphatic carbocycles. The molecule has 0 heterocycles. The van der Waals surface area contributed by atoms with E-state index in [1.54, 1.807) is 11.8 Å². The summed E-state index contributed by atoms with van der Waals surface area (Å²) in [4.78, 5) is 27.1. The molecule has 0 unspecified atom stereocenters. The SMILES string of the molecule is CCCNC(=O)[C@H](C)N(CCc1ccccc1)C(=O)COc1ccc(C(C)C)cc1. The summed E-state index contributed by atoms with van der Waals surface area (Å²) in [6, 6.07) is 17.2. The van der Waals surface area contributed by atoms with Crippen LogP contribution in [-0.2, 0) is 16.0 Å². The van der Waals surface area contributed by atoms with Crippen LogP contribution in [-0.4, -0.2) is 42.5 Å². The van der Waals surface area contributed by atoms with Gasteiger partial charge in [0.2, 0.25) is 5.91 Å². The van der Waals surface area contributed by atoms with Crippen molar-refractivity contribution in [3.05, 3.63) is 65.7 Å². The third-order valence-electron chi connectivity index (χ3n) is 5.11. The van der Waals surface area contributed by atoms with Gasteiger partial charge in [0.05, 0.1) is 0 Å². The zero-order valence-electron chi connectivity index (χ0n) is 18.6. The molecular weight excluding hydrogens is 376 g/mol. The van der Waals surface area contributed by atoms with E-state index in [4.69, 9.17) is 4.74 Å². The first-order chi connectivity index (χ1) is 14.4. The van der Waals surface area contributed by atoms with Crippen LogP contribution in [0, 0.1) is 0 Å². The molecule has 1 atom stereocenters. The summed E-state index contributed by atoms with van der Waals surface area (Å²) < 4.78 is 5.72.